The molecular formula is C12H15NO4. The van der Waals surface area contributed by atoms with Gasteiger partial charge in [-0.2, -0.15) is 0 Å². The molecule has 0 aliphatic rings. The van der Waals surface area contributed by atoms with Gasteiger partial charge in [-0.25, -0.2) is 0 Å². The highest BCUT2D eigenvalue weighted by molar-refractivity contribution is 5.90. The lowest BCUT2D eigenvalue weighted by Gasteiger charge is -2.15. The van der Waals surface area contributed by atoms with E-state index < -0.39 is 12.1 Å². The molecule has 1 atom stereocenters. The van der Waals surface area contributed by atoms with Gasteiger partial charge in [0.2, 0.25) is 5.91 Å². The summed E-state index contributed by atoms with van der Waals surface area (Å²) in [5.41, 5.74) is 0.539. The minimum Gasteiger partial charge on any atom is -0.488 e. The van der Waals surface area contributed by atoms with E-state index in [0.717, 1.165) is 0 Å². The van der Waals surface area contributed by atoms with Gasteiger partial charge >= 0.3 is 5.97 Å². The Kier molecular flexibility index (Phi) is 4.51. The van der Waals surface area contributed by atoms with E-state index in [1.54, 1.807) is 31.2 Å². The zero-order chi connectivity index (χ0) is 12.8. The molecule has 0 spiro atoms. The minimum atomic E-state index is -0.922. The molecule has 1 rings (SSSR count). The third-order valence-corrected chi connectivity index (χ3v) is 1.99. The lowest BCUT2D eigenvalue weighted by molar-refractivity contribution is -0.138. The van der Waals surface area contributed by atoms with Crippen molar-refractivity contribution in [1.29, 1.82) is 0 Å². The summed E-state index contributed by atoms with van der Waals surface area (Å²) >= 11 is 0. The van der Waals surface area contributed by atoms with Gasteiger partial charge < -0.3 is 15.2 Å². The first kappa shape index (κ1) is 13.0. The van der Waals surface area contributed by atoms with Gasteiger partial charge in [-0.05, 0) is 19.1 Å². The number of aliphatic carboxylic acids is 1. The molecule has 1 aromatic rings. The molecule has 0 aliphatic carbocycles. The maximum atomic E-state index is 11.0. The summed E-state index contributed by atoms with van der Waals surface area (Å²) in [6.07, 6.45) is -0.545. The highest BCUT2D eigenvalue weighted by Gasteiger charge is 2.11. The van der Waals surface area contributed by atoms with Gasteiger partial charge in [-0.1, -0.05) is 12.1 Å². The third-order valence-electron chi connectivity index (χ3n) is 1.99. The van der Waals surface area contributed by atoms with Crippen LogP contribution in [-0.2, 0) is 9.59 Å². The number of carboxylic acids is 1. The molecule has 0 aliphatic heterocycles. The number of carbonyl (C=O) groups excluding carboxylic acids is 1. The molecule has 2 N–H and O–H groups in total. The van der Waals surface area contributed by atoms with Crippen molar-refractivity contribution in [2.45, 2.75) is 26.4 Å². The zero-order valence-electron chi connectivity index (χ0n) is 9.77. The zero-order valence-corrected chi connectivity index (χ0v) is 9.77. The van der Waals surface area contributed by atoms with E-state index in [2.05, 4.69) is 5.32 Å². The van der Waals surface area contributed by atoms with Crippen LogP contribution in [0.3, 0.4) is 0 Å². The predicted molar refractivity (Wildman–Crippen MR) is 63.1 cm³/mol. The smallest absolute Gasteiger partial charge is 0.307 e. The third kappa shape index (κ3) is 4.55. The molecule has 0 heterocycles. The van der Waals surface area contributed by atoms with Gasteiger partial charge in [-0.15, -0.1) is 0 Å². The average molecular weight is 237 g/mol. The van der Waals surface area contributed by atoms with Gasteiger partial charge in [0.1, 0.15) is 11.9 Å². The largest absolute Gasteiger partial charge is 0.488 e. The molecule has 0 radical (unpaired) electrons. The van der Waals surface area contributed by atoms with Crippen molar-refractivity contribution in [1.82, 2.24) is 0 Å². The van der Waals surface area contributed by atoms with Crippen LogP contribution in [0.1, 0.15) is 20.3 Å². The number of ether oxygens (including phenoxy) is 1. The maximum absolute atomic E-state index is 11.0. The molecule has 5 heteroatoms. The first-order valence-electron chi connectivity index (χ1n) is 5.24. The minimum absolute atomic E-state index is 0.0889. The maximum Gasteiger partial charge on any atom is 0.307 e. The van der Waals surface area contributed by atoms with Crippen LogP contribution in [0.2, 0.25) is 0 Å². The first-order chi connectivity index (χ1) is 7.99. The molecule has 5 nitrogen and oxygen atoms in total. The SMILES string of the molecule is CC(=O)Nc1ccccc1OC(C)CC(=O)O. The van der Waals surface area contributed by atoms with Crippen molar-refractivity contribution in [3.63, 3.8) is 0 Å². The van der Waals surface area contributed by atoms with Gasteiger partial charge in [0.05, 0.1) is 12.1 Å². The Hall–Kier alpha value is -2.04. The Morgan fingerprint density at radius 2 is 2.06 bits per heavy atom. The van der Waals surface area contributed by atoms with E-state index in [1.807, 2.05) is 0 Å². The summed E-state index contributed by atoms with van der Waals surface area (Å²) in [5.74, 6) is -0.655. The van der Waals surface area contributed by atoms with E-state index in [9.17, 15) is 9.59 Å². The van der Waals surface area contributed by atoms with Crippen LogP contribution in [0.25, 0.3) is 0 Å². The summed E-state index contributed by atoms with van der Waals surface area (Å²) in [6, 6.07) is 6.90. The van der Waals surface area contributed by atoms with Crippen molar-refractivity contribution in [3.8, 4) is 5.75 Å². The molecule has 1 unspecified atom stereocenters. The van der Waals surface area contributed by atoms with E-state index in [0.29, 0.717) is 11.4 Å². The molecule has 0 bridgehead atoms. The van der Waals surface area contributed by atoms with Crippen LogP contribution < -0.4 is 10.1 Å². The van der Waals surface area contributed by atoms with E-state index >= 15 is 0 Å². The number of benzene rings is 1. The summed E-state index contributed by atoms with van der Waals surface area (Å²) in [6.45, 7) is 3.07. The Morgan fingerprint density at radius 3 is 2.65 bits per heavy atom. The standard InChI is InChI=1S/C12H15NO4/c1-8(7-12(15)16)17-11-6-4-3-5-10(11)13-9(2)14/h3-6,8H,7H2,1-2H3,(H,13,14)(H,15,16). The van der Waals surface area contributed by atoms with E-state index in [1.165, 1.54) is 6.92 Å². The number of hydrogen-bond acceptors (Lipinski definition) is 3. The normalized spacial score (nSPS) is 11.6. The predicted octanol–water partition coefficient (Wildman–Crippen LogP) is 1.89. The van der Waals surface area contributed by atoms with Crippen LogP contribution in [0.4, 0.5) is 5.69 Å². The number of para-hydroxylation sites is 2. The molecule has 0 fully saturated rings. The van der Waals surface area contributed by atoms with Crippen LogP contribution in [-0.4, -0.2) is 23.1 Å². The molecule has 17 heavy (non-hydrogen) atoms. The fraction of sp³-hybridized carbons (Fsp3) is 0.333. The summed E-state index contributed by atoms with van der Waals surface area (Å²) in [7, 11) is 0. The molecular weight excluding hydrogens is 222 g/mol. The summed E-state index contributed by atoms with van der Waals surface area (Å²) < 4.78 is 5.46. The Bertz CT molecular complexity index is 417. The fourth-order valence-corrected chi connectivity index (χ4v) is 1.37. The van der Waals surface area contributed by atoms with Crippen molar-refractivity contribution in [2.75, 3.05) is 5.32 Å². The fourth-order valence-electron chi connectivity index (χ4n) is 1.37. The second kappa shape index (κ2) is 5.89. The quantitative estimate of drug-likeness (QED) is 0.819. The molecule has 0 aromatic heterocycles. The number of amides is 1. The van der Waals surface area contributed by atoms with Crippen LogP contribution in [0.15, 0.2) is 24.3 Å². The highest BCUT2D eigenvalue weighted by Crippen LogP contribution is 2.25. The average Bonchev–Trinajstić information content (AvgIpc) is 2.18. The molecule has 1 aromatic carbocycles. The lowest BCUT2D eigenvalue weighted by Crippen LogP contribution is -2.18. The highest BCUT2D eigenvalue weighted by atomic mass is 16.5. The van der Waals surface area contributed by atoms with E-state index in [4.69, 9.17) is 9.84 Å². The van der Waals surface area contributed by atoms with Crippen LogP contribution in [0, 0.1) is 0 Å². The van der Waals surface area contributed by atoms with Crippen LogP contribution >= 0.6 is 0 Å². The van der Waals surface area contributed by atoms with Gasteiger partial charge in [0, 0.05) is 6.92 Å². The second-order valence-corrected chi connectivity index (χ2v) is 3.70. The molecule has 92 valence electrons. The second-order valence-electron chi connectivity index (χ2n) is 3.70. The van der Waals surface area contributed by atoms with E-state index in [-0.39, 0.29) is 12.3 Å². The summed E-state index contributed by atoms with van der Waals surface area (Å²) in [5, 5.41) is 11.2. The number of carbonyl (C=O) groups is 2. The molecule has 1 amide bonds. The van der Waals surface area contributed by atoms with Gasteiger partial charge in [0.15, 0.2) is 0 Å². The Balaban J connectivity index is 2.75. The lowest BCUT2D eigenvalue weighted by atomic mass is 10.2. The number of hydrogen-bond donors (Lipinski definition) is 2. The molecule has 0 saturated heterocycles. The van der Waals surface area contributed by atoms with Crippen LogP contribution in [0.5, 0.6) is 5.75 Å². The number of nitrogens with one attached hydrogen (secondary N) is 1. The Morgan fingerprint density at radius 1 is 1.41 bits per heavy atom. The first-order valence-corrected chi connectivity index (χ1v) is 5.24. The Labute approximate surface area is 99.4 Å². The number of anilines is 1. The number of rotatable bonds is 5. The number of carboxylic acid groups (broad SMARTS) is 1. The van der Waals surface area contributed by atoms with Crippen molar-refractivity contribution in [3.05, 3.63) is 24.3 Å². The van der Waals surface area contributed by atoms with Crippen molar-refractivity contribution in [2.24, 2.45) is 0 Å². The topological polar surface area (TPSA) is 75.6 Å². The van der Waals surface area contributed by atoms with Crippen molar-refractivity contribution < 1.29 is 19.4 Å². The monoisotopic (exact) mass is 237 g/mol. The van der Waals surface area contributed by atoms with Gasteiger partial charge in [0.25, 0.3) is 0 Å². The summed E-state index contributed by atoms with van der Waals surface area (Å²) in [4.78, 5) is 21.5. The van der Waals surface area contributed by atoms with Crippen molar-refractivity contribution >= 4 is 17.6 Å². The van der Waals surface area contributed by atoms with Gasteiger partial charge in [-0.3, -0.25) is 9.59 Å². The molecule has 0 saturated carbocycles.